The number of carbonyl (C=O) groups excluding carboxylic acids is 1. The van der Waals surface area contributed by atoms with Crippen LogP contribution in [0.4, 0.5) is 0 Å². The predicted molar refractivity (Wildman–Crippen MR) is 90.4 cm³/mol. The second-order valence-electron chi connectivity index (χ2n) is 9.17. The molecule has 0 spiro atoms. The summed E-state index contributed by atoms with van der Waals surface area (Å²) in [7, 11) is 0. The number of nitrogens with zero attached hydrogens (tertiary/aromatic N) is 1. The van der Waals surface area contributed by atoms with Crippen molar-refractivity contribution < 1.29 is 4.79 Å². The Morgan fingerprint density at radius 3 is 2.78 bits per heavy atom. The summed E-state index contributed by atoms with van der Waals surface area (Å²) in [5.41, 5.74) is 1.50. The van der Waals surface area contributed by atoms with Crippen LogP contribution in [0.5, 0.6) is 0 Å². The fourth-order valence-corrected chi connectivity index (χ4v) is 7.27. The standard InChI is InChI=1S/C21H29NO/c1-20-11-4-3-5-14(20)6-8-16-17-9-7-15(10-12-22)21(17,2)13-18(23)19(16)20/h10,14,16-17,19H,3-9,11,13H2,1-2H3/b15-10+/t14?,16?,17?,19?,20-,21?/m0/s1. The molecule has 23 heavy (non-hydrogen) atoms. The number of carbonyl (C=O) groups is 1. The molecule has 0 aromatic carbocycles. The number of nitriles is 1. The molecule has 4 aliphatic carbocycles. The van der Waals surface area contributed by atoms with Crippen molar-refractivity contribution in [1.29, 1.82) is 5.26 Å². The van der Waals surface area contributed by atoms with Crippen LogP contribution in [0.25, 0.3) is 0 Å². The van der Waals surface area contributed by atoms with Gasteiger partial charge in [0.05, 0.1) is 6.07 Å². The van der Waals surface area contributed by atoms with Gasteiger partial charge in [0, 0.05) is 18.4 Å². The number of hydrogen-bond donors (Lipinski definition) is 0. The number of rotatable bonds is 0. The maximum absolute atomic E-state index is 13.3. The van der Waals surface area contributed by atoms with Gasteiger partial charge in [0.2, 0.25) is 0 Å². The summed E-state index contributed by atoms with van der Waals surface area (Å²) in [6.07, 6.45) is 12.5. The predicted octanol–water partition coefficient (Wildman–Crippen LogP) is 5.05. The molecule has 124 valence electrons. The van der Waals surface area contributed by atoms with E-state index >= 15 is 0 Å². The van der Waals surface area contributed by atoms with Gasteiger partial charge in [-0.15, -0.1) is 0 Å². The highest BCUT2D eigenvalue weighted by molar-refractivity contribution is 5.85. The van der Waals surface area contributed by atoms with E-state index in [9.17, 15) is 4.79 Å². The molecule has 0 aliphatic heterocycles. The number of ketones is 1. The number of allylic oxidation sites excluding steroid dienone is 2. The Hall–Kier alpha value is -1.10. The lowest BCUT2D eigenvalue weighted by molar-refractivity contribution is -0.153. The Bertz CT molecular complexity index is 599. The summed E-state index contributed by atoms with van der Waals surface area (Å²) in [6, 6.07) is 2.23. The Morgan fingerprint density at radius 1 is 1.17 bits per heavy atom. The molecule has 4 saturated carbocycles. The van der Waals surface area contributed by atoms with Gasteiger partial charge in [0.1, 0.15) is 5.78 Å². The van der Waals surface area contributed by atoms with E-state index in [0.717, 1.165) is 12.3 Å². The quantitative estimate of drug-likeness (QED) is 0.587. The summed E-state index contributed by atoms with van der Waals surface area (Å²) in [6.45, 7) is 4.71. The third-order valence-electron chi connectivity index (χ3n) is 8.36. The van der Waals surface area contributed by atoms with Gasteiger partial charge in [-0.1, -0.05) is 32.3 Å². The summed E-state index contributed by atoms with van der Waals surface area (Å²) >= 11 is 0. The van der Waals surface area contributed by atoms with Crippen LogP contribution < -0.4 is 0 Å². The maximum Gasteiger partial charge on any atom is 0.137 e. The first-order valence-electron chi connectivity index (χ1n) is 9.62. The molecule has 0 radical (unpaired) electrons. The third-order valence-corrected chi connectivity index (χ3v) is 8.36. The van der Waals surface area contributed by atoms with Crippen molar-refractivity contribution in [2.24, 2.45) is 34.5 Å². The van der Waals surface area contributed by atoms with Crippen molar-refractivity contribution in [2.75, 3.05) is 0 Å². The van der Waals surface area contributed by atoms with E-state index in [0.29, 0.717) is 30.0 Å². The first-order valence-corrected chi connectivity index (χ1v) is 9.62. The number of fused-ring (bicyclic) bond motifs is 5. The molecule has 6 atom stereocenters. The van der Waals surface area contributed by atoms with Gasteiger partial charge in [-0.25, -0.2) is 0 Å². The molecular formula is C21H29NO. The highest BCUT2D eigenvalue weighted by Gasteiger charge is 2.61. The van der Waals surface area contributed by atoms with E-state index in [4.69, 9.17) is 5.26 Å². The molecule has 5 unspecified atom stereocenters. The Kier molecular flexibility index (Phi) is 3.49. The molecule has 2 heteroatoms. The van der Waals surface area contributed by atoms with Crippen LogP contribution in [0, 0.1) is 45.8 Å². The summed E-state index contributed by atoms with van der Waals surface area (Å²) in [4.78, 5) is 13.3. The fraction of sp³-hybridized carbons (Fsp3) is 0.810. The van der Waals surface area contributed by atoms with Crippen molar-refractivity contribution in [1.82, 2.24) is 0 Å². The molecule has 0 amide bonds. The van der Waals surface area contributed by atoms with Gasteiger partial charge >= 0.3 is 0 Å². The van der Waals surface area contributed by atoms with E-state index in [1.165, 1.54) is 50.5 Å². The minimum absolute atomic E-state index is 0.0220. The van der Waals surface area contributed by atoms with Gasteiger partial charge in [0.15, 0.2) is 0 Å². The summed E-state index contributed by atoms with van der Waals surface area (Å²) in [5.74, 6) is 2.81. The zero-order chi connectivity index (χ0) is 16.2. The zero-order valence-corrected chi connectivity index (χ0v) is 14.6. The van der Waals surface area contributed by atoms with Gasteiger partial charge < -0.3 is 0 Å². The zero-order valence-electron chi connectivity index (χ0n) is 14.6. The Balaban J connectivity index is 1.72. The molecule has 0 heterocycles. The average molecular weight is 311 g/mol. The number of Topliss-reactive ketones (excluding diaryl/α,β-unsaturated/α-hetero) is 1. The molecule has 0 aromatic rings. The smallest absolute Gasteiger partial charge is 0.137 e. The first kappa shape index (κ1) is 15.4. The lowest BCUT2D eigenvalue weighted by Gasteiger charge is -2.59. The Labute approximate surface area is 140 Å². The van der Waals surface area contributed by atoms with Gasteiger partial charge in [-0.2, -0.15) is 5.26 Å². The molecule has 4 fully saturated rings. The minimum Gasteiger partial charge on any atom is -0.299 e. The fourth-order valence-electron chi connectivity index (χ4n) is 7.27. The van der Waals surface area contributed by atoms with Gasteiger partial charge in [-0.3, -0.25) is 4.79 Å². The highest BCUT2D eigenvalue weighted by atomic mass is 16.1. The average Bonchev–Trinajstić information content (AvgIpc) is 2.83. The van der Waals surface area contributed by atoms with Crippen LogP contribution in [0.15, 0.2) is 11.6 Å². The second-order valence-corrected chi connectivity index (χ2v) is 9.17. The second kappa shape index (κ2) is 5.20. The van der Waals surface area contributed by atoms with E-state index in [1.807, 2.05) is 0 Å². The molecule has 0 bridgehead atoms. The minimum atomic E-state index is -0.0220. The molecule has 4 aliphatic rings. The first-order chi connectivity index (χ1) is 11.0. The topological polar surface area (TPSA) is 40.9 Å². The van der Waals surface area contributed by atoms with Crippen molar-refractivity contribution in [2.45, 2.75) is 71.6 Å². The maximum atomic E-state index is 13.3. The van der Waals surface area contributed by atoms with Gasteiger partial charge in [-0.05, 0) is 67.1 Å². The largest absolute Gasteiger partial charge is 0.299 e. The molecule has 0 N–H and O–H groups in total. The molecule has 4 rings (SSSR count). The van der Waals surface area contributed by atoms with Crippen LogP contribution in [0.1, 0.15) is 71.6 Å². The summed E-state index contributed by atoms with van der Waals surface area (Å²) < 4.78 is 0. The van der Waals surface area contributed by atoms with Crippen LogP contribution >= 0.6 is 0 Å². The third kappa shape index (κ3) is 2.01. The van der Waals surface area contributed by atoms with Crippen molar-refractivity contribution >= 4 is 5.78 Å². The SMILES string of the molecule is CC12CC(=O)C3C(CCC4CCCC[C@@]43C)C1CC/C2=C\C#N. The van der Waals surface area contributed by atoms with E-state index in [1.54, 1.807) is 6.08 Å². The van der Waals surface area contributed by atoms with Crippen LogP contribution in [-0.4, -0.2) is 5.78 Å². The van der Waals surface area contributed by atoms with E-state index < -0.39 is 0 Å². The van der Waals surface area contributed by atoms with Crippen LogP contribution in [0.2, 0.25) is 0 Å². The lowest BCUT2D eigenvalue weighted by Crippen LogP contribution is -2.56. The van der Waals surface area contributed by atoms with Gasteiger partial charge in [0.25, 0.3) is 0 Å². The van der Waals surface area contributed by atoms with Crippen LogP contribution in [0.3, 0.4) is 0 Å². The molecule has 2 nitrogen and oxygen atoms in total. The molecular weight excluding hydrogens is 282 g/mol. The number of hydrogen-bond acceptors (Lipinski definition) is 2. The Morgan fingerprint density at radius 2 is 2.00 bits per heavy atom. The van der Waals surface area contributed by atoms with Crippen LogP contribution in [-0.2, 0) is 4.79 Å². The monoisotopic (exact) mass is 311 g/mol. The molecule has 0 saturated heterocycles. The van der Waals surface area contributed by atoms with E-state index in [2.05, 4.69) is 19.9 Å². The summed E-state index contributed by atoms with van der Waals surface area (Å²) in [5, 5.41) is 9.11. The van der Waals surface area contributed by atoms with Crippen molar-refractivity contribution in [3.8, 4) is 6.07 Å². The lowest BCUT2D eigenvalue weighted by atomic mass is 9.45. The highest BCUT2D eigenvalue weighted by Crippen LogP contribution is 2.66. The van der Waals surface area contributed by atoms with Crippen molar-refractivity contribution in [3.63, 3.8) is 0 Å². The normalized spacial score (nSPS) is 50.8. The van der Waals surface area contributed by atoms with Crippen molar-refractivity contribution in [3.05, 3.63) is 11.6 Å². The van der Waals surface area contributed by atoms with E-state index in [-0.39, 0.29) is 10.8 Å². The molecule has 0 aromatic heterocycles.